The van der Waals surface area contributed by atoms with Crippen LogP contribution in [0.25, 0.3) is 0 Å². The minimum absolute atomic E-state index is 0.0769. The monoisotopic (exact) mass is 671 g/mol. The van der Waals surface area contributed by atoms with Crippen molar-refractivity contribution in [1.82, 2.24) is 0 Å². The van der Waals surface area contributed by atoms with Gasteiger partial charge in [-0.15, -0.1) is 0 Å². The molecule has 0 saturated heterocycles. The standard InChI is InChI=1S/C39H74O6S/c1-3-5-7-9-11-13-15-17-19-21-23-25-27-31-38(42)44-34-36(35-46-33-29-30-37(40)41)45-39(43)32-28-26-24-22-20-18-16-14-12-10-8-6-4-2/h36H,3-35H2,1-2H3,(H,40,41). The number of unbranched alkanes of at least 4 members (excludes halogenated alkanes) is 24. The molecular weight excluding hydrogens is 596 g/mol. The van der Waals surface area contributed by atoms with E-state index in [0.717, 1.165) is 38.5 Å². The molecule has 1 unspecified atom stereocenters. The molecule has 0 aliphatic rings. The Morgan fingerprint density at radius 1 is 0.500 bits per heavy atom. The summed E-state index contributed by atoms with van der Waals surface area (Å²) in [4.78, 5) is 35.7. The highest BCUT2D eigenvalue weighted by molar-refractivity contribution is 7.99. The number of hydrogen-bond donors (Lipinski definition) is 1. The average molecular weight is 671 g/mol. The van der Waals surface area contributed by atoms with Crippen molar-refractivity contribution in [3.05, 3.63) is 0 Å². The minimum Gasteiger partial charge on any atom is -0.481 e. The van der Waals surface area contributed by atoms with Gasteiger partial charge in [-0.25, -0.2) is 0 Å². The number of thioether (sulfide) groups is 1. The predicted molar refractivity (Wildman–Crippen MR) is 196 cm³/mol. The van der Waals surface area contributed by atoms with Gasteiger partial charge in [-0.1, -0.05) is 168 Å². The zero-order valence-corrected chi connectivity index (χ0v) is 31.1. The van der Waals surface area contributed by atoms with Crippen molar-refractivity contribution in [2.24, 2.45) is 0 Å². The highest BCUT2D eigenvalue weighted by atomic mass is 32.2. The third-order valence-corrected chi connectivity index (χ3v) is 9.87. The molecule has 0 aromatic carbocycles. The molecule has 0 bridgehead atoms. The van der Waals surface area contributed by atoms with Crippen molar-refractivity contribution < 1.29 is 29.0 Å². The number of carboxylic acids is 1. The SMILES string of the molecule is CCCCCCCCCCCCCCCC(=O)OCC(CSCCCC(=O)O)OC(=O)CCCCCCCCCCCCCCC. The third-order valence-electron chi connectivity index (χ3n) is 8.68. The van der Waals surface area contributed by atoms with Gasteiger partial charge in [0.05, 0.1) is 0 Å². The van der Waals surface area contributed by atoms with Gasteiger partial charge in [0.2, 0.25) is 0 Å². The minimum atomic E-state index is -0.802. The van der Waals surface area contributed by atoms with Crippen LogP contribution < -0.4 is 0 Å². The van der Waals surface area contributed by atoms with E-state index in [0.29, 0.717) is 30.8 Å². The lowest BCUT2D eigenvalue weighted by Gasteiger charge is -2.18. The molecule has 6 nitrogen and oxygen atoms in total. The van der Waals surface area contributed by atoms with Crippen molar-refractivity contribution in [2.45, 2.75) is 213 Å². The number of rotatable bonds is 37. The van der Waals surface area contributed by atoms with E-state index in [1.165, 1.54) is 128 Å². The van der Waals surface area contributed by atoms with Crippen LogP contribution in [0.2, 0.25) is 0 Å². The molecule has 1 atom stereocenters. The molecule has 0 rings (SSSR count). The Morgan fingerprint density at radius 2 is 0.870 bits per heavy atom. The number of carbonyl (C=O) groups excluding carboxylic acids is 2. The van der Waals surface area contributed by atoms with Crippen LogP contribution in [0.4, 0.5) is 0 Å². The first kappa shape index (κ1) is 44.8. The second kappa shape index (κ2) is 36.6. The highest BCUT2D eigenvalue weighted by Crippen LogP contribution is 2.16. The van der Waals surface area contributed by atoms with Gasteiger partial charge in [0, 0.05) is 25.0 Å². The molecule has 46 heavy (non-hydrogen) atoms. The summed E-state index contributed by atoms with van der Waals surface area (Å²) in [6.45, 7) is 4.60. The molecule has 0 aromatic heterocycles. The Balaban J connectivity index is 4.02. The van der Waals surface area contributed by atoms with Gasteiger partial charge in [0.1, 0.15) is 12.7 Å². The van der Waals surface area contributed by atoms with Crippen molar-refractivity contribution >= 4 is 29.7 Å². The summed E-state index contributed by atoms with van der Waals surface area (Å²) < 4.78 is 11.2. The van der Waals surface area contributed by atoms with Crippen LogP contribution in [-0.4, -0.2) is 47.2 Å². The molecule has 7 heteroatoms. The third kappa shape index (κ3) is 35.6. The molecule has 0 amide bonds. The van der Waals surface area contributed by atoms with Gasteiger partial charge in [0.25, 0.3) is 0 Å². The zero-order chi connectivity index (χ0) is 33.8. The van der Waals surface area contributed by atoms with Gasteiger partial charge in [-0.05, 0) is 25.0 Å². The lowest BCUT2D eigenvalue weighted by atomic mass is 10.0. The summed E-state index contributed by atoms with van der Waals surface area (Å²) in [6, 6.07) is 0. The molecule has 272 valence electrons. The first-order valence-corrected chi connectivity index (χ1v) is 20.8. The molecule has 0 aliphatic heterocycles. The van der Waals surface area contributed by atoms with Gasteiger partial charge < -0.3 is 14.6 Å². The summed E-state index contributed by atoms with van der Waals surface area (Å²) in [5, 5.41) is 8.86. The highest BCUT2D eigenvalue weighted by Gasteiger charge is 2.17. The largest absolute Gasteiger partial charge is 0.481 e. The normalized spacial score (nSPS) is 11.9. The fraction of sp³-hybridized carbons (Fsp3) is 0.923. The molecule has 1 N–H and O–H groups in total. The molecular formula is C39H74O6S. The van der Waals surface area contributed by atoms with Crippen molar-refractivity contribution in [1.29, 1.82) is 0 Å². The predicted octanol–water partition coefficient (Wildman–Crippen LogP) is 12.0. The summed E-state index contributed by atoms with van der Waals surface area (Å²) in [5.41, 5.74) is 0. The van der Waals surface area contributed by atoms with E-state index in [1.807, 2.05) is 0 Å². The molecule has 0 fully saturated rings. The fourth-order valence-corrected chi connectivity index (χ4v) is 6.68. The summed E-state index contributed by atoms with van der Waals surface area (Å²) in [7, 11) is 0. The van der Waals surface area contributed by atoms with Crippen LogP contribution in [0.15, 0.2) is 0 Å². The first-order chi connectivity index (χ1) is 22.5. The van der Waals surface area contributed by atoms with E-state index < -0.39 is 12.1 Å². The lowest BCUT2D eigenvalue weighted by Crippen LogP contribution is -2.27. The summed E-state index contributed by atoms with van der Waals surface area (Å²) in [6.07, 6.45) is 33.8. The molecule has 0 radical (unpaired) electrons. The smallest absolute Gasteiger partial charge is 0.306 e. The Labute approximate surface area is 288 Å². The van der Waals surface area contributed by atoms with E-state index in [-0.39, 0.29) is 25.0 Å². The summed E-state index contributed by atoms with van der Waals surface area (Å²) in [5.74, 6) is -0.0750. The van der Waals surface area contributed by atoms with Crippen LogP contribution in [-0.2, 0) is 23.9 Å². The summed E-state index contributed by atoms with van der Waals surface area (Å²) >= 11 is 1.55. The van der Waals surface area contributed by atoms with Crippen LogP contribution in [0.3, 0.4) is 0 Å². The van der Waals surface area contributed by atoms with Crippen molar-refractivity contribution in [3.8, 4) is 0 Å². The zero-order valence-electron chi connectivity index (χ0n) is 30.3. The number of hydrogen-bond acceptors (Lipinski definition) is 6. The second-order valence-corrected chi connectivity index (χ2v) is 14.5. The molecule has 0 saturated carbocycles. The number of carbonyl (C=O) groups is 3. The fourth-order valence-electron chi connectivity index (χ4n) is 5.73. The number of ether oxygens (including phenoxy) is 2. The van der Waals surface area contributed by atoms with Gasteiger partial charge in [-0.3, -0.25) is 14.4 Å². The number of aliphatic carboxylic acids is 1. The molecule has 0 aliphatic carbocycles. The van der Waals surface area contributed by atoms with E-state index >= 15 is 0 Å². The maximum atomic E-state index is 12.5. The maximum absolute atomic E-state index is 12.5. The quantitative estimate of drug-likeness (QED) is 0.0519. The Kier molecular flexibility index (Phi) is 35.6. The van der Waals surface area contributed by atoms with Crippen LogP contribution in [0.1, 0.15) is 206 Å². The maximum Gasteiger partial charge on any atom is 0.306 e. The van der Waals surface area contributed by atoms with Crippen LogP contribution >= 0.6 is 11.8 Å². The average Bonchev–Trinajstić information content (AvgIpc) is 3.03. The van der Waals surface area contributed by atoms with Gasteiger partial charge in [-0.2, -0.15) is 11.8 Å². The Hall–Kier alpha value is -1.24. The van der Waals surface area contributed by atoms with Gasteiger partial charge >= 0.3 is 17.9 Å². The van der Waals surface area contributed by atoms with Crippen molar-refractivity contribution in [3.63, 3.8) is 0 Å². The first-order valence-electron chi connectivity index (χ1n) is 19.6. The number of carboxylic acid groups (broad SMARTS) is 1. The van der Waals surface area contributed by atoms with Crippen LogP contribution in [0.5, 0.6) is 0 Å². The van der Waals surface area contributed by atoms with Crippen molar-refractivity contribution in [2.75, 3.05) is 18.1 Å². The van der Waals surface area contributed by atoms with E-state index in [2.05, 4.69) is 13.8 Å². The Bertz CT molecular complexity index is 685. The lowest BCUT2D eigenvalue weighted by molar-refractivity contribution is -0.157. The molecule has 0 heterocycles. The molecule has 0 aromatic rings. The second-order valence-electron chi connectivity index (χ2n) is 13.4. The van der Waals surface area contributed by atoms with Crippen LogP contribution in [0, 0.1) is 0 Å². The van der Waals surface area contributed by atoms with Gasteiger partial charge in [0.15, 0.2) is 0 Å². The van der Waals surface area contributed by atoms with E-state index in [9.17, 15) is 14.4 Å². The number of esters is 2. The van der Waals surface area contributed by atoms with E-state index in [4.69, 9.17) is 14.6 Å². The molecule has 0 spiro atoms. The Morgan fingerprint density at radius 3 is 1.26 bits per heavy atom. The topological polar surface area (TPSA) is 89.9 Å². The van der Waals surface area contributed by atoms with E-state index in [1.54, 1.807) is 11.8 Å².